The van der Waals surface area contributed by atoms with Crippen molar-refractivity contribution in [1.82, 2.24) is 20.1 Å². The van der Waals surface area contributed by atoms with Crippen molar-refractivity contribution in [2.75, 3.05) is 6.54 Å². The van der Waals surface area contributed by atoms with Gasteiger partial charge in [0, 0.05) is 17.6 Å². The molecule has 3 aromatic rings. The van der Waals surface area contributed by atoms with Gasteiger partial charge in [0.1, 0.15) is 0 Å². The molecule has 3 rings (SSSR count). The van der Waals surface area contributed by atoms with Crippen LogP contribution in [0.15, 0.2) is 42.6 Å². The summed E-state index contributed by atoms with van der Waals surface area (Å²) in [6, 6.07) is 12.4. The Kier molecular flexibility index (Phi) is 3.48. The van der Waals surface area contributed by atoms with Gasteiger partial charge >= 0.3 is 0 Å². The van der Waals surface area contributed by atoms with Crippen molar-refractivity contribution in [3.05, 3.63) is 53.9 Å². The number of benzene rings is 1. The first kappa shape index (κ1) is 12.8. The summed E-state index contributed by atoms with van der Waals surface area (Å²) in [6.45, 7) is 5.94. The molecule has 0 spiro atoms. The van der Waals surface area contributed by atoms with E-state index in [0.29, 0.717) is 0 Å². The first-order valence-corrected chi connectivity index (χ1v) is 6.89. The zero-order valence-corrected chi connectivity index (χ0v) is 11.8. The van der Waals surface area contributed by atoms with Gasteiger partial charge in [0.2, 0.25) is 0 Å². The van der Waals surface area contributed by atoms with E-state index in [2.05, 4.69) is 46.6 Å². The Morgan fingerprint density at radius 1 is 1.20 bits per heavy atom. The van der Waals surface area contributed by atoms with Crippen LogP contribution in [0.1, 0.15) is 18.2 Å². The molecule has 2 heterocycles. The van der Waals surface area contributed by atoms with E-state index in [1.807, 2.05) is 29.9 Å². The van der Waals surface area contributed by atoms with Crippen LogP contribution in [0.5, 0.6) is 0 Å². The molecule has 4 heteroatoms. The molecule has 0 atom stereocenters. The van der Waals surface area contributed by atoms with Crippen LogP contribution in [0.2, 0.25) is 0 Å². The van der Waals surface area contributed by atoms with E-state index in [1.165, 1.54) is 5.56 Å². The average Bonchev–Trinajstić information content (AvgIpc) is 2.88. The molecule has 0 aliphatic heterocycles. The van der Waals surface area contributed by atoms with Crippen LogP contribution < -0.4 is 5.32 Å². The maximum absolute atomic E-state index is 4.61. The third kappa shape index (κ3) is 2.42. The highest BCUT2D eigenvalue weighted by Crippen LogP contribution is 2.18. The zero-order valence-electron chi connectivity index (χ0n) is 11.8. The van der Waals surface area contributed by atoms with E-state index in [9.17, 15) is 0 Å². The van der Waals surface area contributed by atoms with Gasteiger partial charge in [-0.1, -0.05) is 25.1 Å². The molecule has 0 aliphatic carbocycles. The minimum atomic E-state index is 0.853. The number of aryl methyl sites for hydroxylation is 1. The Labute approximate surface area is 118 Å². The van der Waals surface area contributed by atoms with Crippen LogP contribution in [0, 0.1) is 6.92 Å². The normalized spacial score (nSPS) is 11.1. The number of hydrogen-bond acceptors (Lipinski definition) is 3. The summed E-state index contributed by atoms with van der Waals surface area (Å²) in [5, 5.41) is 8.93. The predicted octanol–water partition coefficient (Wildman–Crippen LogP) is 2.84. The Morgan fingerprint density at radius 3 is 2.90 bits per heavy atom. The minimum absolute atomic E-state index is 0.853. The Hall–Kier alpha value is -2.20. The van der Waals surface area contributed by atoms with Crippen molar-refractivity contribution in [3.63, 3.8) is 0 Å². The molecule has 0 bridgehead atoms. The maximum atomic E-state index is 4.61. The van der Waals surface area contributed by atoms with Crippen LogP contribution in [-0.4, -0.2) is 21.3 Å². The summed E-state index contributed by atoms with van der Waals surface area (Å²) in [5.41, 5.74) is 3.32. The van der Waals surface area contributed by atoms with Gasteiger partial charge < -0.3 is 5.32 Å². The SMILES string of the molecule is CCNCc1cc(C)nc(-n2ncc3ccccc32)c1. The molecule has 4 nitrogen and oxygen atoms in total. The molecule has 1 N–H and O–H groups in total. The molecule has 0 saturated carbocycles. The quantitative estimate of drug-likeness (QED) is 0.789. The molecule has 0 fully saturated rings. The number of nitrogens with zero attached hydrogens (tertiary/aromatic N) is 3. The Bertz CT molecular complexity index is 730. The second-order valence-corrected chi connectivity index (χ2v) is 4.87. The van der Waals surface area contributed by atoms with Gasteiger partial charge in [-0.3, -0.25) is 0 Å². The van der Waals surface area contributed by atoms with Crippen molar-refractivity contribution < 1.29 is 0 Å². The molecule has 20 heavy (non-hydrogen) atoms. The highest BCUT2D eigenvalue weighted by molar-refractivity contribution is 5.79. The van der Waals surface area contributed by atoms with Gasteiger partial charge in [0.15, 0.2) is 5.82 Å². The largest absolute Gasteiger partial charge is 0.313 e. The third-order valence-electron chi connectivity index (χ3n) is 3.27. The third-order valence-corrected chi connectivity index (χ3v) is 3.27. The maximum Gasteiger partial charge on any atom is 0.154 e. The van der Waals surface area contributed by atoms with Gasteiger partial charge in [-0.2, -0.15) is 5.10 Å². The summed E-state index contributed by atoms with van der Waals surface area (Å²) < 4.78 is 1.90. The van der Waals surface area contributed by atoms with Crippen molar-refractivity contribution in [2.24, 2.45) is 0 Å². The lowest BCUT2D eigenvalue weighted by molar-refractivity contribution is 0.722. The van der Waals surface area contributed by atoms with Crippen molar-refractivity contribution >= 4 is 10.9 Å². The highest BCUT2D eigenvalue weighted by atomic mass is 15.3. The van der Waals surface area contributed by atoms with Gasteiger partial charge in [0.05, 0.1) is 11.7 Å². The molecule has 0 radical (unpaired) electrons. The monoisotopic (exact) mass is 266 g/mol. The first-order valence-electron chi connectivity index (χ1n) is 6.89. The van der Waals surface area contributed by atoms with Crippen LogP contribution >= 0.6 is 0 Å². The molecule has 2 aromatic heterocycles. The average molecular weight is 266 g/mol. The number of rotatable bonds is 4. The number of aromatic nitrogens is 3. The lowest BCUT2D eigenvalue weighted by Crippen LogP contribution is -2.13. The van der Waals surface area contributed by atoms with E-state index in [-0.39, 0.29) is 0 Å². The number of pyridine rings is 1. The van der Waals surface area contributed by atoms with E-state index in [4.69, 9.17) is 0 Å². The molecule has 1 aromatic carbocycles. The summed E-state index contributed by atoms with van der Waals surface area (Å²) in [7, 11) is 0. The first-order chi connectivity index (χ1) is 9.78. The lowest BCUT2D eigenvalue weighted by atomic mass is 10.2. The van der Waals surface area contributed by atoms with Crippen molar-refractivity contribution in [3.8, 4) is 5.82 Å². The van der Waals surface area contributed by atoms with Crippen LogP contribution in [0.25, 0.3) is 16.7 Å². The molecule has 102 valence electrons. The van der Waals surface area contributed by atoms with E-state index < -0.39 is 0 Å². The van der Waals surface area contributed by atoms with Crippen LogP contribution in [-0.2, 0) is 6.54 Å². The zero-order chi connectivity index (χ0) is 13.9. The fraction of sp³-hybridized carbons (Fsp3) is 0.250. The molecule has 0 saturated heterocycles. The second kappa shape index (κ2) is 5.43. The van der Waals surface area contributed by atoms with Gasteiger partial charge in [-0.05, 0) is 37.2 Å². The standard InChI is InChI=1S/C16H18N4/c1-3-17-10-13-8-12(2)19-16(9-13)20-15-7-5-4-6-14(15)11-18-20/h4-9,11,17H,3,10H2,1-2H3. The number of para-hydroxylation sites is 1. The predicted molar refractivity (Wildman–Crippen MR) is 81.0 cm³/mol. The second-order valence-electron chi connectivity index (χ2n) is 4.87. The molecular formula is C16H18N4. The van der Waals surface area contributed by atoms with E-state index in [1.54, 1.807) is 0 Å². The lowest BCUT2D eigenvalue weighted by Gasteiger charge is -2.08. The number of hydrogen-bond donors (Lipinski definition) is 1. The summed E-state index contributed by atoms with van der Waals surface area (Å²) >= 11 is 0. The summed E-state index contributed by atoms with van der Waals surface area (Å²) in [4.78, 5) is 4.61. The van der Waals surface area contributed by atoms with Crippen molar-refractivity contribution in [2.45, 2.75) is 20.4 Å². The van der Waals surface area contributed by atoms with E-state index >= 15 is 0 Å². The fourth-order valence-electron chi connectivity index (χ4n) is 2.36. The van der Waals surface area contributed by atoms with Gasteiger partial charge in [-0.25, -0.2) is 9.67 Å². The summed E-state index contributed by atoms with van der Waals surface area (Å²) in [6.07, 6.45) is 1.88. The van der Waals surface area contributed by atoms with Crippen LogP contribution in [0.4, 0.5) is 0 Å². The Balaban J connectivity index is 2.07. The van der Waals surface area contributed by atoms with Crippen LogP contribution in [0.3, 0.4) is 0 Å². The number of fused-ring (bicyclic) bond motifs is 1. The molecule has 0 unspecified atom stereocenters. The topological polar surface area (TPSA) is 42.7 Å². The summed E-state index contributed by atoms with van der Waals surface area (Å²) in [5.74, 6) is 0.874. The van der Waals surface area contributed by atoms with E-state index in [0.717, 1.165) is 35.5 Å². The highest BCUT2D eigenvalue weighted by Gasteiger charge is 2.07. The van der Waals surface area contributed by atoms with Crippen molar-refractivity contribution in [1.29, 1.82) is 0 Å². The van der Waals surface area contributed by atoms with Gasteiger partial charge in [-0.15, -0.1) is 0 Å². The van der Waals surface area contributed by atoms with Gasteiger partial charge in [0.25, 0.3) is 0 Å². The molecule has 0 amide bonds. The smallest absolute Gasteiger partial charge is 0.154 e. The molecular weight excluding hydrogens is 248 g/mol. The minimum Gasteiger partial charge on any atom is -0.313 e. The fourth-order valence-corrected chi connectivity index (χ4v) is 2.36. The number of nitrogens with one attached hydrogen (secondary N) is 1. The molecule has 0 aliphatic rings. The Morgan fingerprint density at radius 2 is 2.05 bits per heavy atom.